The monoisotopic (exact) mass is 417 g/mol. The molecular formula is C25H39NO4. The average Bonchev–Trinajstić information content (AvgIpc) is 2.94. The summed E-state index contributed by atoms with van der Waals surface area (Å²) in [5.74, 6) is -0.0146. The molecule has 3 rings (SSSR count). The molecule has 1 saturated heterocycles. The van der Waals surface area contributed by atoms with Crippen molar-refractivity contribution in [3.8, 4) is 0 Å². The Morgan fingerprint density at radius 3 is 2.60 bits per heavy atom. The Morgan fingerprint density at radius 1 is 1.27 bits per heavy atom. The Bertz CT molecular complexity index is 739. The first-order chi connectivity index (χ1) is 14.1. The molecule has 1 spiro atoms. The largest absolute Gasteiger partial charge is 0.390 e. The van der Waals surface area contributed by atoms with Crippen LogP contribution in [0.3, 0.4) is 0 Å². The summed E-state index contributed by atoms with van der Waals surface area (Å²) in [6, 6.07) is -0.0210. The van der Waals surface area contributed by atoms with Crippen LogP contribution in [0.15, 0.2) is 23.3 Å². The van der Waals surface area contributed by atoms with E-state index < -0.39 is 17.6 Å². The second kappa shape index (κ2) is 8.96. The minimum Gasteiger partial charge on any atom is -0.390 e. The number of ether oxygens (including phenoxy) is 1. The molecule has 0 radical (unpaired) electrons. The minimum absolute atomic E-state index is 0.0210. The molecular weight excluding hydrogens is 378 g/mol. The van der Waals surface area contributed by atoms with E-state index in [4.69, 9.17) is 4.74 Å². The number of rotatable bonds is 3. The molecule has 0 unspecified atom stereocenters. The molecule has 2 N–H and O–H groups in total. The van der Waals surface area contributed by atoms with Gasteiger partial charge in [-0.2, -0.15) is 0 Å². The highest BCUT2D eigenvalue weighted by atomic mass is 16.5. The van der Waals surface area contributed by atoms with E-state index in [1.807, 2.05) is 0 Å². The fraction of sp³-hybridized carbons (Fsp3) is 0.760. The van der Waals surface area contributed by atoms with E-state index in [1.54, 1.807) is 7.11 Å². The molecule has 1 aliphatic heterocycles. The third kappa shape index (κ3) is 3.91. The molecule has 0 aromatic rings. The number of ketones is 1. The standard InChI is InChI=1S/C25H39NO4/c1-14(2)10-19-23-17(5)16(4)12-18-11-15(3)8-7-9-20(27)21(30-6)13-22(28)25(18,23)24(29)26-19/h11-12,14,17-21,23,27H,7-10,13H2,1-6H3,(H,26,29)/b15-11+/t17-,18-,19-,20-,21-,23+,25+/m1/s1. The lowest BCUT2D eigenvalue weighted by molar-refractivity contribution is -0.148. The second-order valence-corrected chi connectivity index (χ2v) is 10.2. The van der Waals surface area contributed by atoms with E-state index in [2.05, 4.69) is 52.1 Å². The van der Waals surface area contributed by atoms with Crippen molar-refractivity contribution in [2.45, 2.75) is 85.0 Å². The van der Waals surface area contributed by atoms with Crippen molar-refractivity contribution in [3.05, 3.63) is 23.3 Å². The maximum Gasteiger partial charge on any atom is 0.235 e. The van der Waals surface area contributed by atoms with Gasteiger partial charge in [0.1, 0.15) is 5.41 Å². The molecule has 5 heteroatoms. The van der Waals surface area contributed by atoms with Crippen molar-refractivity contribution >= 4 is 11.7 Å². The summed E-state index contributed by atoms with van der Waals surface area (Å²) >= 11 is 0. The van der Waals surface area contributed by atoms with Crippen LogP contribution in [-0.4, -0.2) is 42.2 Å². The van der Waals surface area contributed by atoms with Crippen LogP contribution in [0, 0.1) is 29.1 Å². The Labute approximate surface area is 181 Å². The number of allylic oxidation sites excluding steroid dienone is 4. The number of carbonyl (C=O) groups excluding carboxylic acids is 2. The van der Waals surface area contributed by atoms with E-state index in [1.165, 1.54) is 11.1 Å². The van der Waals surface area contributed by atoms with Gasteiger partial charge in [-0.05, 0) is 51.4 Å². The Hall–Kier alpha value is -1.46. The number of amides is 1. The van der Waals surface area contributed by atoms with Crippen LogP contribution in [-0.2, 0) is 14.3 Å². The molecule has 1 fully saturated rings. The molecule has 30 heavy (non-hydrogen) atoms. The van der Waals surface area contributed by atoms with Crippen LogP contribution in [0.4, 0.5) is 0 Å². The van der Waals surface area contributed by atoms with Gasteiger partial charge in [0.25, 0.3) is 0 Å². The molecule has 0 aromatic carbocycles. The normalized spacial score (nSPS) is 41.9. The third-order valence-electron chi connectivity index (χ3n) is 7.72. The number of nitrogens with one attached hydrogen (secondary N) is 1. The second-order valence-electron chi connectivity index (χ2n) is 10.2. The molecule has 3 aliphatic rings. The minimum atomic E-state index is -1.12. The van der Waals surface area contributed by atoms with Crippen molar-refractivity contribution in [1.29, 1.82) is 0 Å². The lowest BCUT2D eigenvalue weighted by Crippen LogP contribution is -2.53. The fourth-order valence-electron chi connectivity index (χ4n) is 6.10. The van der Waals surface area contributed by atoms with E-state index in [9.17, 15) is 14.7 Å². The first-order valence-electron chi connectivity index (χ1n) is 11.5. The molecule has 7 atom stereocenters. The fourth-order valence-corrected chi connectivity index (χ4v) is 6.10. The van der Waals surface area contributed by atoms with E-state index in [-0.39, 0.29) is 41.9 Å². The smallest absolute Gasteiger partial charge is 0.235 e. The zero-order valence-corrected chi connectivity index (χ0v) is 19.4. The predicted molar refractivity (Wildman–Crippen MR) is 118 cm³/mol. The topological polar surface area (TPSA) is 75.6 Å². The summed E-state index contributed by atoms with van der Waals surface area (Å²) in [5.41, 5.74) is 1.30. The number of hydrogen-bond acceptors (Lipinski definition) is 4. The van der Waals surface area contributed by atoms with Crippen LogP contribution in [0.1, 0.15) is 66.7 Å². The van der Waals surface area contributed by atoms with Crippen LogP contribution in [0.2, 0.25) is 0 Å². The number of methoxy groups -OCH3 is 1. The van der Waals surface area contributed by atoms with Gasteiger partial charge < -0.3 is 15.2 Å². The van der Waals surface area contributed by atoms with Crippen LogP contribution in [0.25, 0.3) is 0 Å². The Balaban J connectivity index is 2.18. The number of aliphatic hydroxyl groups is 1. The van der Waals surface area contributed by atoms with Gasteiger partial charge in [-0.1, -0.05) is 44.1 Å². The van der Waals surface area contributed by atoms with Gasteiger partial charge >= 0.3 is 0 Å². The highest BCUT2D eigenvalue weighted by molar-refractivity contribution is 6.09. The highest BCUT2D eigenvalue weighted by Gasteiger charge is 2.65. The van der Waals surface area contributed by atoms with E-state index >= 15 is 0 Å². The number of Topliss-reactive ketones (excluding diaryl/α,β-unsaturated/α-hetero) is 1. The first-order valence-corrected chi connectivity index (χ1v) is 11.5. The van der Waals surface area contributed by atoms with Gasteiger partial charge in [0.15, 0.2) is 5.78 Å². The average molecular weight is 418 g/mol. The van der Waals surface area contributed by atoms with Crippen LogP contribution >= 0.6 is 0 Å². The van der Waals surface area contributed by atoms with Crippen LogP contribution < -0.4 is 5.32 Å². The van der Waals surface area contributed by atoms with Crippen molar-refractivity contribution in [2.24, 2.45) is 29.1 Å². The molecule has 0 bridgehead atoms. The summed E-state index contributed by atoms with van der Waals surface area (Å²) in [6.07, 6.45) is 6.21. The zero-order valence-electron chi connectivity index (χ0n) is 19.4. The summed E-state index contributed by atoms with van der Waals surface area (Å²) in [5, 5.41) is 13.9. The molecule has 5 nitrogen and oxygen atoms in total. The van der Waals surface area contributed by atoms with Gasteiger partial charge in [-0.15, -0.1) is 0 Å². The van der Waals surface area contributed by atoms with E-state index in [0.29, 0.717) is 12.3 Å². The maximum absolute atomic E-state index is 14.0. The van der Waals surface area contributed by atoms with Gasteiger partial charge in [0.05, 0.1) is 12.2 Å². The molecule has 1 heterocycles. The van der Waals surface area contributed by atoms with Crippen molar-refractivity contribution in [1.82, 2.24) is 5.32 Å². The van der Waals surface area contributed by atoms with E-state index in [0.717, 1.165) is 19.3 Å². The number of aliphatic hydroxyl groups excluding tert-OH is 1. The van der Waals surface area contributed by atoms with Gasteiger partial charge in [-0.3, -0.25) is 9.59 Å². The van der Waals surface area contributed by atoms with Crippen molar-refractivity contribution < 1.29 is 19.4 Å². The van der Waals surface area contributed by atoms with Crippen molar-refractivity contribution in [2.75, 3.05) is 7.11 Å². The zero-order chi connectivity index (χ0) is 22.2. The Morgan fingerprint density at radius 2 is 1.97 bits per heavy atom. The lowest BCUT2D eigenvalue weighted by Gasteiger charge is -2.45. The number of carbonyl (C=O) groups is 2. The summed E-state index contributed by atoms with van der Waals surface area (Å²) < 4.78 is 5.54. The molecule has 0 saturated carbocycles. The lowest BCUT2D eigenvalue weighted by atomic mass is 9.54. The summed E-state index contributed by atoms with van der Waals surface area (Å²) in [6.45, 7) is 10.7. The highest BCUT2D eigenvalue weighted by Crippen LogP contribution is 2.55. The SMILES string of the molecule is CO[C@@H]1CC(=O)[C@]23C(=O)N[C@H](CC(C)C)[C@@H]2[C@H](C)C(C)=C[C@H]3/C=C(\C)CCC[C@H]1O. The first kappa shape index (κ1) is 23.2. The Kier molecular flexibility index (Phi) is 6.93. The summed E-state index contributed by atoms with van der Waals surface area (Å²) in [4.78, 5) is 27.6. The quantitative estimate of drug-likeness (QED) is 0.541. The van der Waals surface area contributed by atoms with Gasteiger partial charge in [0, 0.05) is 31.4 Å². The molecule has 1 amide bonds. The molecule has 2 aliphatic carbocycles. The van der Waals surface area contributed by atoms with Gasteiger partial charge in [-0.25, -0.2) is 0 Å². The maximum atomic E-state index is 14.0. The molecule has 0 aromatic heterocycles. The number of hydrogen-bond donors (Lipinski definition) is 2. The predicted octanol–water partition coefficient (Wildman–Crippen LogP) is 3.81. The summed E-state index contributed by atoms with van der Waals surface area (Å²) in [7, 11) is 1.54. The van der Waals surface area contributed by atoms with Crippen LogP contribution in [0.5, 0.6) is 0 Å². The van der Waals surface area contributed by atoms with Crippen molar-refractivity contribution in [3.63, 3.8) is 0 Å². The molecule has 168 valence electrons. The third-order valence-corrected chi connectivity index (χ3v) is 7.72. The van der Waals surface area contributed by atoms with Gasteiger partial charge in [0.2, 0.25) is 5.91 Å².